The number of hydrogen-bond donors (Lipinski definition) is 0. The van der Waals surface area contributed by atoms with Gasteiger partial charge in [0, 0.05) is 0 Å². The van der Waals surface area contributed by atoms with Gasteiger partial charge < -0.3 is 14.2 Å². The average molecular weight is 188 g/mol. The molecule has 0 aromatic rings. The molecule has 0 aromatic carbocycles. The van der Waals surface area contributed by atoms with E-state index >= 15 is 0 Å². The zero-order valence-electron chi connectivity index (χ0n) is 8.12. The Bertz CT molecular complexity index is 153. The van der Waals surface area contributed by atoms with Crippen LogP contribution in [0.2, 0.25) is 0 Å². The maximum absolute atomic E-state index is 11.1. The fourth-order valence-electron chi connectivity index (χ4n) is 1.10. The van der Waals surface area contributed by atoms with Crippen LogP contribution in [0, 0.1) is 0 Å². The normalized spacial score (nSPS) is 29.8. The van der Waals surface area contributed by atoms with Crippen molar-refractivity contribution in [1.29, 1.82) is 0 Å². The minimum Gasteiger partial charge on any atom is -0.429 e. The molecule has 0 aliphatic carbocycles. The minimum atomic E-state index is -0.568. The Labute approximate surface area is 78.2 Å². The van der Waals surface area contributed by atoms with E-state index in [1.54, 1.807) is 0 Å². The van der Waals surface area contributed by atoms with E-state index < -0.39 is 6.16 Å². The molecule has 2 atom stereocenters. The molecule has 4 heteroatoms. The van der Waals surface area contributed by atoms with E-state index in [2.05, 4.69) is 0 Å². The van der Waals surface area contributed by atoms with E-state index in [4.69, 9.17) is 14.2 Å². The van der Waals surface area contributed by atoms with E-state index in [-0.39, 0.29) is 12.2 Å². The molecule has 2 unspecified atom stereocenters. The number of hydrogen-bond acceptors (Lipinski definition) is 4. The molecular weight excluding hydrogens is 172 g/mol. The first-order chi connectivity index (χ1) is 6.26. The lowest BCUT2D eigenvalue weighted by atomic mass is 10.2. The van der Waals surface area contributed by atoms with E-state index in [0.717, 1.165) is 12.8 Å². The molecule has 0 radical (unpaired) electrons. The number of ether oxygens (including phenoxy) is 3. The van der Waals surface area contributed by atoms with Gasteiger partial charge in [0.15, 0.2) is 0 Å². The standard InChI is InChI=1S/C9H16O4/c1-3-7-5-11-6-8(4-2)13-9(10)12-7/h7-8H,3-6H2,1-2H3. The highest BCUT2D eigenvalue weighted by molar-refractivity contribution is 5.60. The van der Waals surface area contributed by atoms with Gasteiger partial charge in [-0.2, -0.15) is 0 Å². The van der Waals surface area contributed by atoms with Crippen LogP contribution in [-0.2, 0) is 14.2 Å². The lowest BCUT2D eigenvalue weighted by Gasteiger charge is -2.23. The molecule has 1 rings (SSSR count). The first-order valence-corrected chi connectivity index (χ1v) is 4.71. The predicted octanol–water partition coefficient (Wildman–Crippen LogP) is 1.73. The van der Waals surface area contributed by atoms with Crippen molar-refractivity contribution in [2.24, 2.45) is 0 Å². The monoisotopic (exact) mass is 188 g/mol. The predicted molar refractivity (Wildman–Crippen MR) is 46.5 cm³/mol. The maximum atomic E-state index is 11.1. The summed E-state index contributed by atoms with van der Waals surface area (Å²) >= 11 is 0. The molecule has 0 N–H and O–H groups in total. The van der Waals surface area contributed by atoms with Gasteiger partial charge >= 0.3 is 6.16 Å². The minimum absolute atomic E-state index is 0.162. The van der Waals surface area contributed by atoms with Crippen LogP contribution in [0.4, 0.5) is 4.79 Å². The first kappa shape index (κ1) is 10.3. The summed E-state index contributed by atoms with van der Waals surface area (Å²) in [6.45, 7) is 4.84. The van der Waals surface area contributed by atoms with Crippen LogP contribution in [0.5, 0.6) is 0 Å². The van der Waals surface area contributed by atoms with E-state index in [0.29, 0.717) is 13.2 Å². The summed E-state index contributed by atoms with van der Waals surface area (Å²) in [5.74, 6) is 0. The fraction of sp³-hybridized carbons (Fsp3) is 0.889. The quantitative estimate of drug-likeness (QED) is 0.619. The van der Waals surface area contributed by atoms with Gasteiger partial charge in [-0.05, 0) is 12.8 Å². The molecular formula is C9H16O4. The highest BCUT2D eigenvalue weighted by atomic mass is 16.7. The molecule has 1 heterocycles. The third-order valence-corrected chi connectivity index (χ3v) is 2.04. The van der Waals surface area contributed by atoms with Gasteiger partial charge in [0.05, 0.1) is 13.2 Å². The summed E-state index contributed by atoms with van der Waals surface area (Å²) in [6.07, 6.45) is 0.621. The number of rotatable bonds is 2. The average Bonchev–Trinajstić information content (AvgIpc) is 2.10. The Morgan fingerprint density at radius 1 is 1.15 bits per heavy atom. The Kier molecular flexibility index (Phi) is 4.02. The molecule has 1 aliphatic rings. The van der Waals surface area contributed by atoms with Crippen molar-refractivity contribution in [3.05, 3.63) is 0 Å². The summed E-state index contributed by atoms with van der Waals surface area (Å²) in [5.41, 5.74) is 0. The summed E-state index contributed by atoms with van der Waals surface area (Å²) in [7, 11) is 0. The molecule has 4 nitrogen and oxygen atoms in total. The molecule has 1 saturated heterocycles. The van der Waals surface area contributed by atoms with Gasteiger partial charge in [0.1, 0.15) is 12.2 Å². The fourth-order valence-corrected chi connectivity index (χ4v) is 1.10. The molecule has 0 saturated carbocycles. The van der Waals surface area contributed by atoms with E-state index in [1.807, 2.05) is 13.8 Å². The van der Waals surface area contributed by atoms with Crippen molar-refractivity contribution in [3.8, 4) is 0 Å². The van der Waals surface area contributed by atoms with Crippen LogP contribution in [0.15, 0.2) is 0 Å². The van der Waals surface area contributed by atoms with Gasteiger partial charge in [-0.15, -0.1) is 0 Å². The Hall–Kier alpha value is -0.770. The number of cyclic esters (lactones) is 2. The highest BCUT2D eigenvalue weighted by Crippen LogP contribution is 2.09. The van der Waals surface area contributed by atoms with Crippen LogP contribution in [-0.4, -0.2) is 31.6 Å². The highest BCUT2D eigenvalue weighted by Gasteiger charge is 2.21. The molecule has 13 heavy (non-hydrogen) atoms. The van der Waals surface area contributed by atoms with Gasteiger partial charge in [0.2, 0.25) is 0 Å². The van der Waals surface area contributed by atoms with Crippen molar-refractivity contribution in [2.45, 2.75) is 38.9 Å². The largest absolute Gasteiger partial charge is 0.508 e. The van der Waals surface area contributed by atoms with Crippen molar-refractivity contribution < 1.29 is 19.0 Å². The van der Waals surface area contributed by atoms with Crippen molar-refractivity contribution in [3.63, 3.8) is 0 Å². The summed E-state index contributed by atoms with van der Waals surface area (Å²) in [4.78, 5) is 11.1. The van der Waals surface area contributed by atoms with Crippen LogP contribution < -0.4 is 0 Å². The smallest absolute Gasteiger partial charge is 0.429 e. The van der Waals surface area contributed by atoms with Crippen LogP contribution in [0.3, 0.4) is 0 Å². The molecule has 0 bridgehead atoms. The van der Waals surface area contributed by atoms with Gasteiger partial charge in [-0.3, -0.25) is 0 Å². The van der Waals surface area contributed by atoms with E-state index in [1.165, 1.54) is 0 Å². The van der Waals surface area contributed by atoms with Crippen LogP contribution in [0.1, 0.15) is 26.7 Å². The SMILES string of the molecule is CCC1COCC(CC)OC(=O)O1. The number of carbonyl (C=O) groups is 1. The second-order valence-electron chi connectivity index (χ2n) is 3.08. The zero-order chi connectivity index (χ0) is 9.68. The molecule has 1 aliphatic heterocycles. The van der Waals surface area contributed by atoms with Crippen molar-refractivity contribution in [2.75, 3.05) is 13.2 Å². The molecule has 0 amide bonds. The van der Waals surface area contributed by atoms with Gasteiger partial charge in [-0.25, -0.2) is 4.79 Å². The number of carbonyl (C=O) groups excluding carboxylic acids is 1. The lowest BCUT2D eigenvalue weighted by molar-refractivity contribution is -0.0849. The lowest BCUT2D eigenvalue weighted by Crippen LogP contribution is -2.33. The second kappa shape index (κ2) is 5.07. The molecule has 1 fully saturated rings. The maximum Gasteiger partial charge on any atom is 0.508 e. The second-order valence-corrected chi connectivity index (χ2v) is 3.08. The first-order valence-electron chi connectivity index (χ1n) is 4.71. The zero-order valence-corrected chi connectivity index (χ0v) is 8.12. The summed E-state index contributed by atoms with van der Waals surface area (Å²) < 4.78 is 15.3. The summed E-state index contributed by atoms with van der Waals surface area (Å²) in [6, 6.07) is 0. The van der Waals surface area contributed by atoms with Gasteiger partial charge in [-0.1, -0.05) is 13.8 Å². The molecule has 0 spiro atoms. The summed E-state index contributed by atoms with van der Waals surface area (Å²) in [5, 5.41) is 0. The topological polar surface area (TPSA) is 44.8 Å². The third kappa shape index (κ3) is 3.22. The third-order valence-electron chi connectivity index (χ3n) is 2.04. The van der Waals surface area contributed by atoms with E-state index in [9.17, 15) is 4.79 Å². The van der Waals surface area contributed by atoms with Crippen molar-refractivity contribution >= 4 is 6.16 Å². The van der Waals surface area contributed by atoms with Gasteiger partial charge in [0.25, 0.3) is 0 Å². The van der Waals surface area contributed by atoms with Crippen molar-refractivity contribution in [1.82, 2.24) is 0 Å². The Morgan fingerprint density at radius 2 is 1.62 bits per heavy atom. The van der Waals surface area contributed by atoms with Crippen LogP contribution in [0.25, 0.3) is 0 Å². The molecule has 0 aromatic heterocycles. The van der Waals surface area contributed by atoms with Crippen LogP contribution >= 0.6 is 0 Å². The molecule has 76 valence electrons. The Balaban J connectivity index is 2.43. The Morgan fingerprint density at radius 3 is 2.00 bits per heavy atom.